The highest BCUT2D eigenvalue weighted by Crippen LogP contribution is 2.24. The number of carbonyl (C=O) groups excluding carboxylic acids is 1. The van der Waals surface area contributed by atoms with Gasteiger partial charge in [0, 0.05) is 23.0 Å². The van der Waals surface area contributed by atoms with Crippen molar-refractivity contribution < 1.29 is 14.6 Å². The predicted molar refractivity (Wildman–Crippen MR) is 84.3 cm³/mol. The van der Waals surface area contributed by atoms with E-state index in [1.165, 1.54) is 6.20 Å². The Kier molecular flexibility index (Phi) is 5.31. The summed E-state index contributed by atoms with van der Waals surface area (Å²) in [5, 5.41) is 10.7. The minimum Gasteiger partial charge on any atom is -0.454 e. The van der Waals surface area contributed by atoms with Crippen molar-refractivity contribution in [2.75, 3.05) is 0 Å². The second-order valence-corrected chi connectivity index (χ2v) is 5.25. The quantitative estimate of drug-likeness (QED) is 0.676. The zero-order valence-corrected chi connectivity index (χ0v) is 12.8. The summed E-state index contributed by atoms with van der Waals surface area (Å²) in [7, 11) is 0. The molecule has 1 aromatic heterocycles. The van der Waals surface area contributed by atoms with E-state index >= 15 is 0 Å². The SMILES string of the molecule is C=C(C(=O)OC(C)c1ccc(Cl)cc1)C(O)c1cccnc1. The molecule has 0 amide bonds. The second kappa shape index (κ2) is 7.20. The normalized spacial score (nSPS) is 13.2. The Balaban J connectivity index is 2.02. The number of hydrogen-bond donors (Lipinski definition) is 1. The molecule has 0 aliphatic carbocycles. The van der Waals surface area contributed by atoms with Gasteiger partial charge in [-0.1, -0.05) is 36.4 Å². The first-order valence-corrected chi connectivity index (χ1v) is 7.10. The van der Waals surface area contributed by atoms with Crippen molar-refractivity contribution in [1.82, 2.24) is 4.98 Å². The maximum atomic E-state index is 12.1. The number of rotatable bonds is 5. The third kappa shape index (κ3) is 3.93. The number of ether oxygens (including phenoxy) is 1. The lowest BCUT2D eigenvalue weighted by Gasteiger charge is -2.17. The molecule has 5 heteroatoms. The van der Waals surface area contributed by atoms with E-state index < -0.39 is 18.2 Å². The highest BCUT2D eigenvalue weighted by molar-refractivity contribution is 6.30. The van der Waals surface area contributed by atoms with E-state index in [-0.39, 0.29) is 5.57 Å². The molecule has 0 saturated heterocycles. The standard InChI is InChI=1S/C17H16ClNO3/c1-11(16(20)14-4-3-9-19-10-14)17(21)22-12(2)13-5-7-15(18)8-6-13/h3-10,12,16,20H,1H2,2H3. The van der Waals surface area contributed by atoms with E-state index in [9.17, 15) is 9.90 Å². The Morgan fingerprint density at radius 3 is 2.55 bits per heavy atom. The molecule has 0 fully saturated rings. The monoisotopic (exact) mass is 317 g/mol. The van der Waals surface area contributed by atoms with Gasteiger partial charge in [0.15, 0.2) is 0 Å². The molecular formula is C17H16ClNO3. The minimum absolute atomic E-state index is 0.0335. The highest BCUT2D eigenvalue weighted by atomic mass is 35.5. The number of aliphatic hydroxyl groups excluding tert-OH is 1. The van der Waals surface area contributed by atoms with Crippen molar-refractivity contribution in [1.29, 1.82) is 0 Å². The lowest BCUT2D eigenvalue weighted by Crippen LogP contribution is -2.16. The molecule has 0 aliphatic heterocycles. The van der Waals surface area contributed by atoms with Gasteiger partial charge in [-0.2, -0.15) is 0 Å². The van der Waals surface area contributed by atoms with Crippen molar-refractivity contribution in [3.63, 3.8) is 0 Å². The number of halogens is 1. The number of aromatic nitrogens is 1. The maximum absolute atomic E-state index is 12.1. The van der Waals surface area contributed by atoms with Crippen molar-refractivity contribution in [2.24, 2.45) is 0 Å². The van der Waals surface area contributed by atoms with Gasteiger partial charge in [0.1, 0.15) is 12.2 Å². The smallest absolute Gasteiger partial charge is 0.337 e. The molecule has 0 aliphatic rings. The molecule has 1 N–H and O–H groups in total. The van der Waals surface area contributed by atoms with E-state index in [0.29, 0.717) is 10.6 Å². The van der Waals surface area contributed by atoms with E-state index in [4.69, 9.17) is 16.3 Å². The summed E-state index contributed by atoms with van der Waals surface area (Å²) in [5.41, 5.74) is 1.26. The first kappa shape index (κ1) is 16.2. The Labute approximate surface area is 134 Å². The molecule has 2 unspecified atom stereocenters. The number of carbonyl (C=O) groups is 1. The first-order valence-electron chi connectivity index (χ1n) is 6.72. The van der Waals surface area contributed by atoms with E-state index in [1.54, 1.807) is 49.5 Å². The molecule has 22 heavy (non-hydrogen) atoms. The molecule has 0 radical (unpaired) electrons. The van der Waals surface area contributed by atoms with Crippen LogP contribution >= 0.6 is 11.6 Å². The zero-order valence-electron chi connectivity index (χ0n) is 12.1. The first-order chi connectivity index (χ1) is 10.5. The summed E-state index contributed by atoms with van der Waals surface area (Å²) >= 11 is 5.82. The van der Waals surface area contributed by atoms with Crippen molar-refractivity contribution in [2.45, 2.75) is 19.1 Å². The largest absolute Gasteiger partial charge is 0.454 e. The van der Waals surface area contributed by atoms with Crippen molar-refractivity contribution in [3.05, 3.63) is 77.1 Å². The van der Waals surface area contributed by atoms with Gasteiger partial charge in [-0.3, -0.25) is 4.98 Å². The van der Waals surface area contributed by atoms with Crippen LogP contribution in [0.2, 0.25) is 5.02 Å². The van der Waals surface area contributed by atoms with Crippen molar-refractivity contribution in [3.8, 4) is 0 Å². The Morgan fingerprint density at radius 2 is 1.95 bits per heavy atom. The summed E-state index contributed by atoms with van der Waals surface area (Å²) in [6.45, 7) is 5.36. The molecule has 4 nitrogen and oxygen atoms in total. The van der Waals surface area contributed by atoms with Gasteiger partial charge in [0.2, 0.25) is 0 Å². The lowest BCUT2D eigenvalue weighted by atomic mass is 10.0. The number of benzene rings is 1. The van der Waals surface area contributed by atoms with Gasteiger partial charge in [-0.15, -0.1) is 0 Å². The fraction of sp³-hybridized carbons (Fsp3) is 0.176. The van der Waals surface area contributed by atoms with E-state index in [0.717, 1.165) is 5.56 Å². The molecular weight excluding hydrogens is 302 g/mol. The number of aliphatic hydroxyl groups is 1. The average molecular weight is 318 g/mol. The van der Waals surface area contributed by atoms with Gasteiger partial charge in [-0.25, -0.2) is 4.79 Å². The third-order valence-corrected chi connectivity index (χ3v) is 3.47. The van der Waals surface area contributed by atoms with Crippen LogP contribution in [0.15, 0.2) is 60.9 Å². The van der Waals surface area contributed by atoms with E-state index in [2.05, 4.69) is 11.6 Å². The number of nitrogens with zero attached hydrogens (tertiary/aromatic N) is 1. The molecule has 2 atom stereocenters. The number of hydrogen-bond acceptors (Lipinski definition) is 4. The fourth-order valence-corrected chi connectivity index (χ4v) is 2.01. The van der Waals surface area contributed by atoms with Crippen molar-refractivity contribution >= 4 is 17.6 Å². The maximum Gasteiger partial charge on any atom is 0.337 e. The summed E-state index contributed by atoms with van der Waals surface area (Å²) in [6.07, 6.45) is 1.45. The van der Waals surface area contributed by atoms with Crippen LogP contribution in [-0.4, -0.2) is 16.1 Å². The van der Waals surface area contributed by atoms with Gasteiger partial charge >= 0.3 is 5.97 Å². The van der Waals surface area contributed by atoms with Crippen LogP contribution in [0, 0.1) is 0 Å². The van der Waals surface area contributed by atoms with Crippen LogP contribution < -0.4 is 0 Å². The third-order valence-electron chi connectivity index (χ3n) is 3.22. The van der Waals surface area contributed by atoms with Crippen LogP contribution in [0.5, 0.6) is 0 Å². The minimum atomic E-state index is -1.14. The zero-order chi connectivity index (χ0) is 16.1. The summed E-state index contributed by atoms with van der Waals surface area (Å²) < 4.78 is 5.32. The molecule has 0 saturated carbocycles. The molecule has 2 aromatic rings. The lowest BCUT2D eigenvalue weighted by molar-refractivity contribution is -0.145. The highest BCUT2D eigenvalue weighted by Gasteiger charge is 2.22. The topological polar surface area (TPSA) is 59.4 Å². The van der Waals surface area contributed by atoms with Gasteiger partial charge in [0.05, 0.1) is 5.57 Å². The molecule has 2 rings (SSSR count). The fourth-order valence-electron chi connectivity index (χ4n) is 1.89. The second-order valence-electron chi connectivity index (χ2n) is 4.81. The summed E-state index contributed by atoms with van der Waals surface area (Å²) in [5.74, 6) is -0.654. The van der Waals surface area contributed by atoms with Crippen LogP contribution in [0.25, 0.3) is 0 Å². The molecule has 1 heterocycles. The Hall–Kier alpha value is -2.17. The molecule has 114 valence electrons. The van der Waals surface area contributed by atoms with Gasteiger partial charge in [-0.05, 0) is 30.7 Å². The number of esters is 1. The molecule has 1 aromatic carbocycles. The molecule has 0 spiro atoms. The van der Waals surface area contributed by atoms with Gasteiger partial charge in [0.25, 0.3) is 0 Å². The van der Waals surface area contributed by atoms with Crippen LogP contribution in [0.1, 0.15) is 30.3 Å². The number of pyridine rings is 1. The van der Waals surface area contributed by atoms with Gasteiger partial charge < -0.3 is 9.84 Å². The predicted octanol–water partition coefficient (Wildman–Crippen LogP) is 3.63. The average Bonchev–Trinajstić information content (AvgIpc) is 2.54. The van der Waals surface area contributed by atoms with Crippen LogP contribution in [0.4, 0.5) is 0 Å². The van der Waals surface area contributed by atoms with Crippen LogP contribution in [0.3, 0.4) is 0 Å². The Morgan fingerprint density at radius 1 is 1.27 bits per heavy atom. The summed E-state index contributed by atoms with van der Waals surface area (Å²) in [4.78, 5) is 16.0. The summed E-state index contributed by atoms with van der Waals surface area (Å²) in [6, 6.07) is 10.3. The van der Waals surface area contributed by atoms with E-state index in [1.807, 2.05) is 0 Å². The Bertz CT molecular complexity index is 655. The van der Waals surface area contributed by atoms with Crippen LogP contribution in [-0.2, 0) is 9.53 Å². The molecule has 0 bridgehead atoms.